The first kappa shape index (κ1) is 15.7. The molecule has 0 saturated heterocycles. The van der Waals surface area contributed by atoms with E-state index in [1.165, 1.54) is 5.56 Å². The van der Waals surface area contributed by atoms with Crippen LogP contribution in [0.4, 0.5) is 5.69 Å². The molecule has 2 aromatic rings. The Hall–Kier alpha value is -2.17. The minimum atomic E-state index is -0.104. The highest BCUT2D eigenvalue weighted by molar-refractivity contribution is 5.94. The molecule has 0 aliphatic carbocycles. The highest BCUT2D eigenvalue weighted by Gasteiger charge is 2.28. The van der Waals surface area contributed by atoms with Crippen LogP contribution in [0.1, 0.15) is 17.2 Å². The number of para-hydroxylation sites is 1. The van der Waals surface area contributed by atoms with Crippen LogP contribution in [0.2, 0.25) is 0 Å². The van der Waals surface area contributed by atoms with Crippen LogP contribution >= 0.6 is 0 Å². The van der Waals surface area contributed by atoms with E-state index in [4.69, 9.17) is 0 Å². The van der Waals surface area contributed by atoms with Gasteiger partial charge in [-0.3, -0.25) is 9.69 Å². The van der Waals surface area contributed by atoms with Crippen LogP contribution in [0.5, 0.6) is 0 Å². The van der Waals surface area contributed by atoms with Crippen molar-refractivity contribution in [3.8, 4) is 0 Å². The summed E-state index contributed by atoms with van der Waals surface area (Å²) < 4.78 is 0. The van der Waals surface area contributed by atoms with Crippen molar-refractivity contribution < 1.29 is 9.90 Å². The molecule has 3 rings (SSSR count). The predicted octanol–water partition coefficient (Wildman–Crippen LogP) is 2.24. The van der Waals surface area contributed by atoms with Gasteiger partial charge in [-0.2, -0.15) is 0 Å². The van der Waals surface area contributed by atoms with Gasteiger partial charge in [-0.25, -0.2) is 0 Å². The number of hydrogen-bond acceptors (Lipinski definition) is 3. The molecule has 1 atom stereocenters. The summed E-state index contributed by atoms with van der Waals surface area (Å²) >= 11 is 0. The zero-order valence-electron chi connectivity index (χ0n) is 13.4. The van der Waals surface area contributed by atoms with Crippen LogP contribution in [0.15, 0.2) is 54.6 Å². The normalized spacial score (nSPS) is 17.6. The van der Waals surface area contributed by atoms with Crippen molar-refractivity contribution in [3.63, 3.8) is 0 Å². The summed E-state index contributed by atoms with van der Waals surface area (Å²) in [5.41, 5.74) is 3.29. The number of likely N-dealkylation sites (N-methyl/N-ethyl adjacent to an activating group) is 1. The van der Waals surface area contributed by atoms with Crippen molar-refractivity contribution in [2.45, 2.75) is 12.5 Å². The third kappa shape index (κ3) is 3.28. The fourth-order valence-electron chi connectivity index (χ4n) is 3.18. The lowest BCUT2D eigenvalue weighted by Gasteiger charge is -2.36. The second-order valence-corrected chi connectivity index (χ2v) is 5.91. The zero-order valence-corrected chi connectivity index (χ0v) is 13.4. The highest BCUT2D eigenvalue weighted by Crippen LogP contribution is 2.29. The first-order valence-electron chi connectivity index (χ1n) is 7.95. The van der Waals surface area contributed by atoms with E-state index < -0.39 is 0 Å². The number of hydrogen-bond donors (Lipinski definition) is 1. The Morgan fingerprint density at radius 2 is 1.87 bits per heavy atom. The van der Waals surface area contributed by atoms with Crippen molar-refractivity contribution in [2.24, 2.45) is 0 Å². The molecule has 23 heavy (non-hydrogen) atoms. The second kappa shape index (κ2) is 6.94. The lowest BCUT2D eigenvalue weighted by atomic mass is 9.93. The largest absolute Gasteiger partial charge is 0.394 e. The van der Waals surface area contributed by atoms with Crippen LogP contribution in [-0.2, 0) is 11.2 Å². The topological polar surface area (TPSA) is 43.8 Å². The van der Waals surface area contributed by atoms with Gasteiger partial charge in [0.2, 0.25) is 5.91 Å². The molecule has 4 nitrogen and oxygen atoms in total. The number of amides is 1. The van der Waals surface area contributed by atoms with Crippen LogP contribution in [0, 0.1) is 0 Å². The minimum Gasteiger partial charge on any atom is -0.394 e. The quantitative estimate of drug-likeness (QED) is 0.942. The average Bonchev–Trinajstić information content (AvgIpc) is 2.61. The molecular formula is C19H22N2O2. The Bertz CT molecular complexity index is 672. The maximum atomic E-state index is 12.6. The molecule has 1 unspecified atom stereocenters. The first-order valence-corrected chi connectivity index (χ1v) is 7.95. The van der Waals surface area contributed by atoms with E-state index in [1.807, 2.05) is 48.5 Å². The average molecular weight is 310 g/mol. The number of aliphatic hydroxyl groups is 1. The number of anilines is 1. The molecule has 0 bridgehead atoms. The molecule has 1 aliphatic rings. The van der Waals surface area contributed by atoms with Crippen LogP contribution in [-0.4, -0.2) is 42.7 Å². The van der Waals surface area contributed by atoms with Gasteiger partial charge in [-0.15, -0.1) is 0 Å². The van der Waals surface area contributed by atoms with Gasteiger partial charge in [0.05, 0.1) is 19.2 Å². The van der Waals surface area contributed by atoms with Gasteiger partial charge in [0.15, 0.2) is 0 Å². The Labute approximate surface area is 137 Å². The van der Waals surface area contributed by atoms with Crippen molar-refractivity contribution >= 4 is 11.6 Å². The monoisotopic (exact) mass is 310 g/mol. The van der Waals surface area contributed by atoms with E-state index >= 15 is 0 Å². The van der Waals surface area contributed by atoms with E-state index in [1.54, 1.807) is 11.9 Å². The lowest BCUT2D eigenvalue weighted by Crippen LogP contribution is -2.44. The Morgan fingerprint density at radius 3 is 2.61 bits per heavy atom. The molecule has 1 heterocycles. The summed E-state index contributed by atoms with van der Waals surface area (Å²) in [6, 6.07) is 17.7. The number of aliphatic hydroxyl groups excluding tert-OH is 1. The zero-order chi connectivity index (χ0) is 16.2. The van der Waals surface area contributed by atoms with Gasteiger partial charge in [-0.1, -0.05) is 42.5 Å². The maximum absolute atomic E-state index is 12.6. The molecule has 0 spiro atoms. The standard InChI is InChI=1S/C19H22N2O2/c1-20(16-8-3-2-4-9-16)19(23)13-21-12-11-15-7-5-6-10-17(15)18(21)14-22/h2-10,18,22H,11-14H2,1H3. The minimum absolute atomic E-state index is 0.0271. The molecular weight excluding hydrogens is 288 g/mol. The van der Waals surface area contributed by atoms with E-state index in [2.05, 4.69) is 11.0 Å². The summed E-state index contributed by atoms with van der Waals surface area (Å²) in [7, 11) is 1.80. The molecule has 1 N–H and O–H groups in total. The number of fused-ring (bicyclic) bond motifs is 1. The SMILES string of the molecule is CN(C(=O)CN1CCc2ccccc2C1CO)c1ccccc1. The summed E-state index contributed by atoms with van der Waals surface area (Å²) in [6.07, 6.45) is 0.912. The predicted molar refractivity (Wildman–Crippen MR) is 91.4 cm³/mol. The molecule has 1 amide bonds. The van der Waals surface area contributed by atoms with Crippen molar-refractivity contribution in [1.29, 1.82) is 0 Å². The highest BCUT2D eigenvalue weighted by atomic mass is 16.3. The number of carbonyl (C=O) groups excluding carboxylic acids is 1. The Kier molecular flexibility index (Phi) is 4.74. The summed E-state index contributed by atoms with van der Waals surface area (Å²) in [5.74, 6) is 0.0361. The Morgan fingerprint density at radius 1 is 1.17 bits per heavy atom. The number of rotatable bonds is 4. The first-order chi connectivity index (χ1) is 11.2. The van der Waals surface area contributed by atoms with Crippen LogP contribution in [0.3, 0.4) is 0 Å². The van der Waals surface area contributed by atoms with Gasteiger partial charge >= 0.3 is 0 Å². The van der Waals surface area contributed by atoms with Crippen molar-refractivity contribution in [1.82, 2.24) is 4.90 Å². The van der Waals surface area contributed by atoms with Crippen LogP contribution in [0.25, 0.3) is 0 Å². The number of carbonyl (C=O) groups is 1. The summed E-state index contributed by atoms with van der Waals surface area (Å²) in [6.45, 7) is 1.13. The Balaban J connectivity index is 1.74. The van der Waals surface area contributed by atoms with Gasteiger partial charge in [0.1, 0.15) is 0 Å². The second-order valence-electron chi connectivity index (χ2n) is 5.91. The third-order valence-electron chi connectivity index (χ3n) is 4.55. The summed E-state index contributed by atoms with van der Waals surface area (Å²) in [4.78, 5) is 16.3. The number of benzene rings is 2. The van der Waals surface area contributed by atoms with Gasteiger partial charge in [0.25, 0.3) is 0 Å². The van der Waals surface area contributed by atoms with E-state index in [0.29, 0.717) is 6.54 Å². The molecule has 0 radical (unpaired) electrons. The van der Waals surface area contributed by atoms with Gasteiger partial charge in [-0.05, 0) is 29.7 Å². The van der Waals surface area contributed by atoms with E-state index in [0.717, 1.165) is 24.2 Å². The van der Waals surface area contributed by atoms with Gasteiger partial charge < -0.3 is 10.0 Å². The molecule has 0 saturated carbocycles. The third-order valence-corrected chi connectivity index (χ3v) is 4.55. The van der Waals surface area contributed by atoms with Crippen molar-refractivity contribution in [3.05, 3.63) is 65.7 Å². The summed E-state index contributed by atoms with van der Waals surface area (Å²) in [5, 5.41) is 9.81. The molecule has 4 heteroatoms. The molecule has 1 aliphatic heterocycles. The van der Waals surface area contributed by atoms with Gasteiger partial charge in [0, 0.05) is 19.3 Å². The lowest BCUT2D eigenvalue weighted by molar-refractivity contribution is -0.120. The van der Waals surface area contributed by atoms with Crippen molar-refractivity contribution in [2.75, 3.05) is 31.6 Å². The molecule has 2 aromatic carbocycles. The molecule has 0 aromatic heterocycles. The van der Waals surface area contributed by atoms with E-state index in [9.17, 15) is 9.90 Å². The maximum Gasteiger partial charge on any atom is 0.240 e. The fraction of sp³-hybridized carbons (Fsp3) is 0.316. The smallest absolute Gasteiger partial charge is 0.240 e. The van der Waals surface area contributed by atoms with Crippen LogP contribution < -0.4 is 4.90 Å². The number of nitrogens with zero attached hydrogens (tertiary/aromatic N) is 2. The molecule has 120 valence electrons. The fourth-order valence-corrected chi connectivity index (χ4v) is 3.18. The molecule has 0 fully saturated rings. The van der Waals surface area contributed by atoms with E-state index in [-0.39, 0.29) is 18.6 Å².